The van der Waals surface area contributed by atoms with Crippen LogP contribution in [0.3, 0.4) is 0 Å². The molecule has 0 spiro atoms. The Morgan fingerprint density at radius 1 is 1.17 bits per heavy atom. The lowest BCUT2D eigenvalue weighted by atomic mass is 9.87. The first kappa shape index (κ1) is 13.5. The molecule has 0 amide bonds. The second kappa shape index (κ2) is 5.00. The van der Waals surface area contributed by atoms with E-state index in [1.807, 2.05) is 18.2 Å². The Bertz CT molecular complexity index is 423. The van der Waals surface area contributed by atoms with Crippen LogP contribution in [0, 0.1) is 11.3 Å². The molecular weight excluding hydrogens is 248 g/mol. The molecule has 1 aliphatic rings. The van der Waals surface area contributed by atoms with Crippen molar-refractivity contribution in [3.05, 3.63) is 23.8 Å². The largest absolute Gasteiger partial charge is 0.489 e. The van der Waals surface area contributed by atoms with Gasteiger partial charge in [-0.2, -0.15) is 0 Å². The van der Waals surface area contributed by atoms with Crippen molar-refractivity contribution in [3.63, 3.8) is 0 Å². The van der Waals surface area contributed by atoms with Gasteiger partial charge in [-0.15, -0.1) is 11.6 Å². The number of benzene rings is 1. The third-order valence-corrected chi connectivity index (χ3v) is 3.97. The van der Waals surface area contributed by atoms with Crippen molar-refractivity contribution in [2.75, 3.05) is 13.2 Å². The molecule has 2 nitrogen and oxygen atoms in total. The van der Waals surface area contributed by atoms with E-state index in [1.54, 1.807) is 0 Å². The van der Waals surface area contributed by atoms with Crippen LogP contribution in [0.5, 0.6) is 11.5 Å². The van der Waals surface area contributed by atoms with Crippen molar-refractivity contribution < 1.29 is 9.47 Å². The van der Waals surface area contributed by atoms with E-state index < -0.39 is 0 Å². The van der Waals surface area contributed by atoms with Gasteiger partial charge in [-0.3, -0.25) is 0 Å². The first-order valence-electron chi connectivity index (χ1n) is 6.41. The van der Waals surface area contributed by atoms with Crippen LogP contribution in [0.4, 0.5) is 0 Å². The van der Waals surface area contributed by atoms with Gasteiger partial charge in [0.1, 0.15) is 0 Å². The molecule has 2 unspecified atom stereocenters. The van der Waals surface area contributed by atoms with Gasteiger partial charge in [-0.05, 0) is 23.1 Å². The van der Waals surface area contributed by atoms with Gasteiger partial charge in [0.2, 0.25) is 0 Å². The third kappa shape index (κ3) is 2.92. The Kier molecular flexibility index (Phi) is 3.76. The van der Waals surface area contributed by atoms with Gasteiger partial charge in [0.05, 0.1) is 18.6 Å². The van der Waals surface area contributed by atoms with Crippen molar-refractivity contribution in [2.24, 2.45) is 11.3 Å². The summed E-state index contributed by atoms with van der Waals surface area (Å²) in [5.74, 6) is 2.04. The van der Waals surface area contributed by atoms with Gasteiger partial charge in [0.15, 0.2) is 11.5 Å². The number of hydrogen-bond acceptors (Lipinski definition) is 2. The Morgan fingerprint density at radius 3 is 2.39 bits per heavy atom. The summed E-state index contributed by atoms with van der Waals surface area (Å²) in [5, 5.41) is -0.0351. The molecule has 0 aliphatic carbocycles. The Labute approximate surface area is 114 Å². The summed E-state index contributed by atoms with van der Waals surface area (Å²) in [6.45, 7) is 9.92. The lowest BCUT2D eigenvalue weighted by molar-refractivity contribution is 0.228. The van der Waals surface area contributed by atoms with Gasteiger partial charge in [0, 0.05) is 5.92 Å². The van der Waals surface area contributed by atoms with Crippen molar-refractivity contribution >= 4 is 11.6 Å². The number of hydrogen-bond donors (Lipinski definition) is 0. The number of alkyl halides is 1. The lowest BCUT2D eigenvalue weighted by Crippen LogP contribution is -2.13. The molecule has 0 saturated heterocycles. The maximum absolute atomic E-state index is 6.50. The van der Waals surface area contributed by atoms with Crippen LogP contribution in [0.25, 0.3) is 0 Å². The van der Waals surface area contributed by atoms with Crippen molar-refractivity contribution in [2.45, 2.75) is 33.1 Å². The van der Waals surface area contributed by atoms with Crippen LogP contribution in [0.1, 0.15) is 38.6 Å². The van der Waals surface area contributed by atoms with Gasteiger partial charge in [0.25, 0.3) is 0 Å². The van der Waals surface area contributed by atoms with Crippen LogP contribution >= 0.6 is 11.6 Å². The first-order valence-corrected chi connectivity index (χ1v) is 6.85. The van der Waals surface area contributed by atoms with Crippen LogP contribution in [-0.4, -0.2) is 13.2 Å². The number of ether oxygens (including phenoxy) is 2. The fraction of sp³-hybridized carbons (Fsp3) is 0.600. The van der Waals surface area contributed by atoms with E-state index in [1.165, 1.54) is 0 Å². The van der Waals surface area contributed by atoms with Gasteiger partial charge < -0.3 is 9.47 Å². The minimum absolute atomic E-state index is 0.0225. The highest BCUT2D eigenvalue weighted by Gasteiger charge is 2.25. The molecule has 0 N–H and O–H groups in total. The predicted molar refractivity (Wildman–Crippen MR) is 74.6 cm³/mol. The Hall–Kier alpha value is -0.890. The number of halogens is 1. The molecule has 18 heavy (non-hydrogen) atoms. The van der Waals surface area contributed by atoms with Gasteiger partial charge >= 0.3 is 0 Å². The zero-order valence-electron chi connectivity index (χ0n) is 11.5. The van der Waals surface area contributed by atoms with E-state index in [2.05, 4.69) is 27.7 Å². The molecule has 0 fully saturated rings. The minimum Gasteiger partial charge on any atom is -0.489 e. The summed E-state index contributed by atoms with van der Waals surface area (Å²) < 4.78 is 11.5. The molecule has 0 radical (unpaired) electrons. The highest BCUT2D eigenvalue weighted by Crippen LogP contribution is 2.41. The van der Waals surface area contributed by atoms with Gasteiger partial charge in [-0.1, -0.05) is 33.8 Å². The lowest BCUT2D eigenvalue weighted by Gasteiger charge is -2.26. The predicted octanol–water partition coefficient (Wildman–Crippen LogP) is 4.42. The molecule has 3 heteroatoms. The average Bonchev–Trinajstić information content (AvgIpc) is 2.49. The van der Waals surface area contributed by atoms with E-state index >= 15 is 0 Å². The third-order valence-electron chi connectivity index (χ3n) is 3.07. The minimum atomic E-state index is -0.0351. The normalized spacial score (nSPS) is 21.3. The SMILES string of the molecule is CC1COc2ccc(C(Cl)C(C)(C)C)cc2OC1. The van der Waals surface area contributed by atoms with Crippen molar-refractivity contribution in [1.82, 2.24) is 0 Å². The standard InChI is InChI=1S/C15H21ClO2/c1-10-8-17-12-6-5-11(7-13(12)18-9-10)14(16)15(2,3)4/h5-7,10,14H,8-9H2,1-4H3. The van der Waals surface area contributed by atoms with E-state index in [-0.39, 0.29) is 10.8 Å². The topological polar surface area (TPSA) is 18.5 Å². The van der Waals surface area contributed by atoms with Crippen LogP contribution in [0.2, 0.25) is 0 Å². The Balaban J connectivity index is 2.27. The summed E-state index contributed by atoms with van der Waals surface area (Å²) in [4.78, 5) is 0. The average molecular weight is 269 g/mol. The summed E-state index contributed by atoms with van der Waals surface area (Å²) in [7, 11) is 0. The molecule has 100 valence electrons. The molecule has 0 aromatic heterocycles. The molecule has 1 aliphatic heterocycles. The summed E-state index contributed by atoms with van der Waals surface area (Å²) in [6.07, 6.45) is 0. The monoisotopic (exact) mass is 268 g/mol. The van der Waals surface area contributed by atoms with Crippen molar-refractivity contribution in [1.29, 1.82) is 0 Å². The zero-order valence-corrected chi connectivity index (χ0v) is 12.3. The zero-order chi connectivity index (χ0) is 13.3. The number of rotatable bonds is 1. The van der Waals surface area contributed by atoms with E-state index in [9.17, 15) is 0 Å². The first-order chi connectivity index (χ1) is 8.38. The summed E-state index contributed by atoms with van der Waals surface area (Å²) in [5.41, 5.74) is 1.11. The highest BCUT2D eigenvalue weighted by molar-refractivity contribution is 6.21. The van der Waals surface area contributed by atoms with E-state index in [0.29, 0.717) is 19.1 Å². The van der Waals surface area contributed by atoms with Crippen LogP contribution in [0.15, 0.2) is 18.2 Å². The second-order valence-corrected chi connectivity index (χ2v) is 6.60. The van der Waals surface area contributed by atoms with Crippen LogP contribution < -0.4 is 9.47 Å². The quantitative estimate of drug-likeness (QED) is 0.702. The summed E-state index contributed by atoms with van der Waals surface area (Å²) >= 11 is 6.50. The van der Waals surface area contributed by atoms with E-state index in [0.717, 1.165) is 17.1 Å². The molecule has 1 aromatic carbocycles. The molecule has 0 bridgehead atoms. The highest BCUT2D eigenvalue weighted by atomic mass is 35.5. The van der Waals surface area contributed by atoms with E-state index in [4.69, 9.17) is 21.1 Å². The van der Waals surface area contributed by atoms with Crippen LogP contribution in [-0.2, 0) is 0 Å². The number of fused-ring (bicyclic) bond motifs is 1. The molecule has 0 saturated carbocycles. The van der Waals surface area contributed by atoms with Gasteiger partial charge in [-0.25, -0.2) is 0 Å². The van der Waals surface area contributed by atoms with Crippen molar-refractivity contribution in [3.8, 4) is 11.5 Å². The summed E-state index contributed by atoms with van der Waals surface area (Å²) in [6, 6.07) is 6.00. The molecule has 2 atom stereocenters. The smallest absolute Gasteiger partial charge is 0.161 e. The molecular formula is C15H21ClO2. The molecule has 1 heterocycles. The molecule has 2 rings (SSSR count). The fourth-order valence-electron chi connectivity index (χ4n) is 1.93. The maximum atomic E-state index is 6.50. The fourth-order valence-corrected chi connectivity index (χ4v) is 2.06. The molecule has 1 aromatic rings. The Morgan fingerprint density at radius 2 is 1.78 bits per heavy atom. The maximum Gasteiger partial charge on any atom is 0.161 e. The second-order valence-electron chi connectivity index (χ2n) is 6.16.